The molecule has 1 heterocycles. The van der Waals surface area contributed by atoms with Crippen LogP contribution in [-0.2, 0) is 31.4 Å². The molecule has 3 N–H and O–H groups in total. The van der Waals surface area contributed by atoms with Crippen molar-refractivity contribution in [1.29, 1.82) is 0 Å². The molecule has 1 aliphatic heterocycles. The monoisotopic (exact) mass is 417 g/mol. The smallest absolute Gasteiger partial charge is 0.272 e. The normalized spacial score (nSPS) is 13.6. The van der Waals surface area contributed by atoms with Crippen LogP contribution in [0.5, 0.6) is 5.75 Å². The highest BCUT2D eigenvalue weighted by Gasteiger charge is 2.22. The minimum atomic E-state index is -3.98. The average molecular weight is 417 g/mol. The number of fused-ring (bicyclic) bond motifs is 1. The molecular weight excluding hydrogens is 394 g/mol. The quantitative estimate of drug-likeness (QED) is 0.621. The number of sulfonamides is 1. The van der Waals surface area contributed by atoms with Crippen LogP contribution in [0.2, 0.25) is 0 Å². The Bertz CT molecular complexity index is 1040. The number of carbonyl (C=O) groups is 2. The van der Waals surface area contributed by atoms with E-state index in [9.17, 15) is 18.0 Å². The van der Waals surface area contributed by atoms with Gasteiger partial charge >= 0.3 is 0 Å². The van der Waals surface area contributed by atoms with Gasteiger partial charge in [-0.1, -0.05) is 32.9 Å². The number of anilines is 1. The molecule has 9 heteroatoms. The fraction of sp³-hybridized carbons (Fsp3) is 0.300. The van der Waals surface area contributed by atoms with Crippen LogP contribution < -0.4 is 20.3 Å². The molecule has 0 unspecified atom stereocenters. The molecule has 0 radical (unpaired) electrons. The van der Waals surface area contributed by atoms with Crippen LogP contribution in [-0.4, -0.2) is 26.8 Å². The Hall–Kier alpha value is -2.91. The molecule has 0 saturated carbocycles. The third-order valence-electron chi connectivity index (χ3n) is 4.43. The number of hydrazine groups is 1. The van der Waals surface area contributed by atoms with Gasteiger partial charge in [-0.05, 0) is 46.9 Å². The van der Waals surface area contributed by atoms with Crippen molar-refractivity contribution in [2.24, 2.45) is 0 Å². The molecule has 0 aromatic heterocycles. The summed E-state index contributed by atoms with van der Waals surface area (Å²) < 4.78 is 30.1. The fourth-order valence-corrected chi connectivity index (χ4v) is 3.70. The van der Waals surface area contributed by atoms with E-state index in [4.69, 9.17) is 4.74 Å². The van der Waals surface area contributed by atoms with E-state index in [0.717, 1.165) is 5.56 Å². The average Bonchev–Trinajstić information content (AvgIpc) is 3.03. The fourth-order valence-electron chi connectivity index (χ4n) is 2.79. The summed E-state index contributed by atoms with van der Waals surface area (Å²) in [6.07, 6.45) is 0.118. The predicted molar refractivity (Wildman–Crippen MR) is 108 cm³/mol. The molecule has 154 valence electrons. The van der Waals surface area contributed by atoms with Crippen LogP contribution in [0.4, 0.5) is 5.69 Å². The summed E-state index contributed by atoms with van der Waals surface area (Å²) in [4.78, 5) is 25.3. The SMILES string of the molecule is CC(C)(C)c1ccc(OCC(=O)NNS(=O)(=O)c2ccc3c(c2)CC(=O)N3)cc1. The number of carbonyl (C=O) groups excluding carboxylic acids is 2. The van der Waals surface area contributed by atoms with Crippen LogP contribution >= 0.6 is 0 Å². The van der Waals surface area contributed by atoms with Crippen molar-refractivity contribution in [3.8, 4) is 5.75 Å². The van der Waals surface area contributed by atoms with E-state index in [1.807, 2.05) is 17.0 Å². The number of nitrogens with one attached hydrogen (secondary N) is 3. The number of ether oxygens (including phenoxy) is 1. The zero-order valence-corrected chi connectivity index (χ0v) is 17.2. The van der Waals surface area contributed by atoms with E-state index >= 15 is 0 Å². The van der Waals surface area contributed by atoms with Gasteiger partial charge in [-0.25, -0.2) is 8.42 Å². The van der Waals surface area contributed by atoms with Crippen molar-refractivity contribution in [2.45, 2.75) is 37.5 Å². The molecule has 29 heavy (non-hydrogen) atoms. The van der Waals surface area contributed by atoms with Crippen molar-refractivity contribution < 1.29 is 22.7 Å². The van der Waals surface area contributed by atoms with E-state index in [0.29, 0.717) is 17.0 Å². The van der Waals surface area contributed by atoms with Crippen molar-refractivity contribution >= 4 is 27.5 Å². The maximum atomic E-state index is 12.4. The predicted octanol–water partition coefficient (Wildman–Crippen LogP) is 1.87. The number of hydrogen-bond donors (Lipinski definition) is 3. The van der Waals surface area contributed by atoms with Crippen molar-refractivity contribution in [3.05, 3.63) is 53.6 Å². The molecule has 0 bridgehead atoms. The lowest BCUT2D eigenvalue weighted by molar-refractivity contribution is -0.123. The Morgan fingerprint density at radius 2 is 1.83 bits per heavy atom. The number of hydrogen-bond acceptors (Lipinski definition) is 5. The lowest BCUT2D eigenvalue weighted by Gasteiger charge is -2.19. The Morgan fingerprint density at radius 3 is 2.48 bits per heavy atom. The molecule has 2 amide bonds. The first-order valence-corrected chi connectivity index (χ1v) is 10.5. The van der Waals surface area contributed by atoms with Crippen molar-refractivity contribution in [2.75, 3.05) is 11.9 Å². The van der Waals surface area contributed by atoms with Crippen LogP contribution in [0.3, 0.4) is 0 Å². The summed E-state index contributed by atoms with van der Waals surface area (Å²) in [5.74, 6) is -0.332. The van der Waals surface area contributed by atoms with Crippen LogP contribution in [0, 0.1) is 0 Å². The summed E-state index contributed by atoms with van der Waals surface area (Å²) in [6.45, 7) is 5.94. The topological polar surface area (TPSA) is 114 Å². The van der Waals surface area contributed by atoms with Gasteiger partial charge in [0, 0.05) is 5.69 Å². The molecule has 3 rings (SSSR count). The van der Waals surface area contributed by atoms with Gasteiger partial charge < -0.3 is 10.1 Å². The molecule has 2 aromatic carbocycles. The standard InChI is InChI=1S/C20H23N3O5S/c1-20(2,3)14-4-6-15(7-5-14)28-12-19(25)22-23-29(26,27)16-8-9-17-13(10-16)11-18(24)21-17/h4-10,23H,11-12H2,1-3H3,(H,21,24)(H,22,25). The Morgan fingerprint density at radius 1 is 1.14 bits per heavy atom. The number of benzene rings is 2. The maximum absolute atomic E-state index is 12.4. The minimum Gasteiger partial charge on any atom is -0.484 e. The first kappa shape index (κ1) is 20.8. The first-order valence-electron chi connectivity index (χ1n) is 9.01. The van der Waals surface area contributed by atoms with E-state index < -0.39 is 15.9 Å². The lowest BCUT2D eigenvalue weighted by Crippen LogP contribution is -2.43. The second-order valence-corrected chi connectivity index (χ2v) is 9.44. The van der Waals surface area contributed by atoms with Gasteiger partial charge in [0.15, 0.2) is 6.61 Å². The molecule has 0 spiro atoms. The van der Waals surface area contributed by atoms with Crippen LogP contribution in [0.1, 0.15) is 31.9 Å². The highest BCUT2D eigenvalue weighted by atomic mass is 32.2. The van der Waals surface area contributed by atoms with Crippen molar-refractivity contribution in [3.63, 3.8) is 0 Å². The highest BCUT2D eigenvalue weighted by molar-refractivity contribution is 7.89. The number of rotatable bonds is 6. The van der Waals surface area contributed by atoms with Gasteiger partial charge in [0.1, 0.15) is 5.75 Å². The molecule has 2 aromatic rings. The van der Waals surface area contributed by atoms with Gasteiger partial charge in [-0.15, -0.1) is 4.83 Å². The van der Waals surface area contributed by atoms with Gasteiger partial charge in [0.2, 0.25) is 5.91 Å². The number of amides is 2. The maximum Gasteiger partial charge on any atom is 0.272 e. The molecule has 0 aliphatic carbocycles. The second-order valence-electron chi connectivity index (χ2n) is 7.76. The molecule has 0 atom stereocenters. The molecule has 1 aliphatic rings. The van der Waals surface area contributed by atoms with E-state index in [-0.39, 0.29) is 29.2 Å². The van der Waals surface area contributed by atoms with Crippen LogP contribution in [0.15, 0.2) is 47.4 Å². The second kappa shape index (κ2) is 7.84. The van der Waals surface area contributed by atoms with E-state index in [1.165, 1.54) is 18.2 Å². The minimum absolute atomic E-state index is 0.00902. The summed E-state index contributed by atoms with van der Waals surface area (Å²) >= 11 is 0. The van der Waals surface area contributed by atoms with E-state index in [1.54, 1.807) is 12.1 Å². The Labute approximate surface area is 169 Å². The molecule has 0 fully saturated rings. The summed E-state index contributed by atoms with van der Waals surface area (Å²) in [5, 5.41) is 2.63. The third kappa shape index (κ3) is 5.12. The Kier molecular flexibility index (Phi) is 5.63. The van der Waals surface area contributed by atoms with Gasteiger partial charge in [-0.2, -0.15) is 0 Å². The third-order valence-corrected chi connectivity index (χ3v) is 5.67. The van der Waals surface area contributed by atoms with Gasteiger partial charge in [0.05, 0.1) is 11.3 Å². The van der Waals surface area contributed by atoms with E-state index in [2.05, 4.69) is 31.5 Å². The summed E-state index contributed by atoms with van der Waals surface area (Å²) in [7, 11) is -3.98. The summed E-state index contributed by atoms with van der Waals surface area (Å²) in [6, 6.07) is 11.6. The van der Waals surface area contributed by atoms with Gasteiger partial charge in [0.25, 0.3) is 15.9 Å². The zero-order chi connectivity index (χ0) is 21.2. The zero-order valence-electron chi connectivity index (χ0n) is 16.4. The van der Waals surface area contributed by atoms with Crippen molar-refractivity contribution in [1.82, 2.24) is 10.3 Å². The largest absolute Gasteiger partial charge is 0.484 e. The lowest BCUT2D eigenvalue weighted by atomic mass is 9.87. The molecule has 8 nitrogen and oxygen atoms in total. The first-order chi connectivity index (χ1) is 13.5. The highest BCUT2D eigenvalue weighted by Crippen LogP contribution is 2.26. The Balaban J connectivity index is 1.54. The molecule has 0 saturated heterocycles. The van der Waals surface area contributed by atoms with Crippen LogP contribution in [0.25, 0.3) is 0 Å². The molecular formula is C20H23N3O5S. The summed E-state index contributed by atoms with van der Waals surface area (Å²) in [5.41, 5.74) is 4.44. The van der Waals surface area contributed by atoms with Gasteiger partial charge in [-0.3, -0.25) is 15.0 Å².